The molecule has 8 nitrogen and oxygen atoms in total. The van der Waals surface area contributed by atoms with Crippen molar-refractivity contribution < 1.29 is 23.5 Å². The fraction of sp³-hybridized carbons (Fsp3) is 0.211. The van der Waals surface area contributed by atoms with Crippen molar-refractivity contribution in [2.24, 2.45) is 0 Å². The second-order valence-electron chi connectivity index (χ2n) is 5.83. The summed E-state index contributed by atoms with van der Waals surface area (Å²) in [4.78, 5) is 37.8. The second-order valence-corrected chi connectivity index (χ2v) is 5.83. The number of hydrogen-bond donors (Lipinski definition) is 2. The Labute approximate surface area is 154 Å². The number of methoxy groups -OCH3 is 1. The molecule has 1 atom stereocenters. The number of nitrogens with one attached hydrogen (secondary N) is 2. The van der Waals surface area contributed by atoms with Crippen molar-refractivity contribution in [2.45, 2.75) is 19.1 Å². The summed E-state index contributed by atoms with van der Waals surface area (Å²) in [7, 11) is 1.24. The van der Waals surface area contributed by atoms with Crippen LogP contribution in [0.5, 0.6) is 0 Å². The number of carbonyl (C=O) groups is 2. The first-order chi connectivity index (χ1) is 13.0. The van der Waals surface area contributed by atoms with Gasteiger partial charge in [-0.15, -0.1) is 0 Å². The standard InChI is InChI=1S/C19H18N2O6/c1-25-17(22)15(21-18(23)26-11-12-5-3-2-4-6-12)9-13-7-8-14-16(10-13)27-19(24)20-14/h2-8,10,15H,9,11H2,1H3,(H,20,24)(H,21,23). The minimum Gasteiger partial charge on any atom is -0.467 e. The van der Waals surface area contributed by atoms with Gasteiger partial charge in [-0.3, -0.25) is 4.98 Å². The monoisotopic (exact) mass is 370 g/mol. The highest BCUT2D eigenvalue weighted by atomic mass is 16.6. The van der Waals surface area contributed by atoms with Crippen LogP contribution in [-0.4, -0.2) is 30.2 Å². The van der Waals surface area contributed by atoms with Gasteiger partial charge in [-0.2, -0.15) is 0 Å². The molecule has 0 saturated heterocycles. The van der Waals surface area contributed by atoms with Crippen molar-refractivity contribution in [3.8, 4) is 0 Å². The number of fused-ring (bicyclic) bond motifs is 1. The fourth-order valence-electron chi connectivity index (χ4n) is 2.60. The van der Waals surface area contributed by atoms with Gasteiger partial charge in [0, 0.05) is 6.42 Å². The van der Waals surface area contributed by atoms with Crippen LogP contribution in [-0.2, 0) is 27.3 Å². The molecule has 1 amide bonds. The van der Waals surface area contributed by atoms with Crippen LogP contribution in [0.3, 0.4) is 0 Å². The van der Waals surface area contributed by atoms with Crippen molar-refractivity contribution in [1.82, 2.24) is 10.3 Å². The number of aromatic amines is 1. The van der Waals surface area contributed by atoms with E-state index in [2.05, 4.69) is 10.3 Å². The van der Waals surface area contributed by atoms with E-state index in [4.69, 9.17) is 13.9 Å². The SMILES string of the molecule is COC(=O)C(Cc1ccc2[nH]c(=O)oc2c1)NC(=O)OCc1ccccc1. The Bertz CT molecular complexity index is 992. The molecule has 0 saturated carbocycles. The highest BCUT2D eigenvalue weighted by Crippen LogP contribution is 2.14. The van der Waals surface area contributed by atoms with E-state index < -0.39 is 23.9 Å². The number of ether oxygens (including phenoxy) is 2. The lowest BCUT2D eigenvalue weighted by atomic mass is 10.1. The zero-order chi connectivity index (χ0) is 19.2. The molecule has 0 bridgehead atoms. The van der Waals surface area contributed by atoms with Crippen LogP contribution in [0.25, 0.3) is 11.1 Å². The molecule has 2 aromatic carbocycles. The largest absolute Gasteiger partial charge is 0.467 e. The topological polar surface area (TPSA) is 111 Å². The first-order valence-electron chi connectivity index (χ1n) is 8.22. The van der Waals surface area contributed by atoms with Crippen LogP contribution in [0.15, 0.2) is 57.7 Å². The Kier molecular flexibility index (Phi) is 5.55. The first-order valence-corrected chi connectivity index (χ1v) is 8.22. The van der Waals surface area contributed by atoms with E-state index in [9.17, 15) is 14.4 Å². The number of amides is 1. The third-order valence-electron chi connectivity index (χ3n) is 3.92. The summed E-state index contributed by atoms with van der Waals surface area (Å²) in [5.41, 5.74) is 2.43. The van der Waals surface area contributed by atoms with E-state index in [1.807, 2.05) is 30.3 Å². The molecule has 2 N–H and O–H groups in total. The number of carbonyl (C=O) groups excluding carboxylic acids is 2. The number of esters is 1. The van der Waals surface area contributed by atoms with Crippen LogP contribution < -0.4 is 11.1 Å². The van der Waals surface area contributed by atoms with E-state index in [-0.39, 0.29) is 13.0 Å². The zero-order valence-corrected chi connectivity index (χ0v) is 14.6. The maximum Gasteiger partial charge on any atom is 0.417 e. The molecule has 0 fully saturated rings. The van der Waals surface area contributed by atoms with Gasteiger partial charge in [-0.05, 0) is 23.3 Å². The Hall–Kier alpha value is -3.55. The number of aromatic nitrogens is 1. The smallest absolute Gasteiger partial charge is 0.417 e. The Morgan fingerprint density at radius 1 is 1.15 bits per heavy atom. The molecule has 0 radical (unpaired) electrons. The third kappa shape index (κ3) is 4.75. The number of rotatable bonds is 6. The van der Waals surface area contributed by atoms with E-state index in [1.165, 1.54) is 7.11 Å². The normalized spacial score (nSPS) is 11.7. The average molecular weight is 370 g/mol. The summed E-state index contributed by atoms with van der Waals surface area (Å²) in [5, 5.41) is 2.50. The van der Waals surface area contributed by atoms with Gasteiger partial charge in [0.1, 0.15) is 12.6 Å². The van der Waals surface area contributed by atoms with Gasteiger partial charge in [-0.25, -0.2) is 14.4 Å². The zero-order valence-electron chi connectivity index (χ0n) is 14.6. The van der Waals surface area contributed by atoms with Gasteiger partial charge >= 0.3 is 17.8 Å². The van der Waals surface area contributed by atoms with Crippen molar-refractivity contribution >= 4 is 23.2 Å². The summed E-state index contributed by atoms with van der Waals surface area (Å²) in [6, 6.07) is 13.3. The molecule has 0 aliphatic heterocycles. The predicted molar refractivity (Wildman–Crippen MR) is 96.1 cm³/mol. The molecule has 3 aromatic rings. The third-order valence-corrected chi connectivity index (χ3v) is 3.92. The lowest BCUT2D eigenvalue weighted by Gasteiger charge is -2.16. The van der Waals surface area contributed by atoms with Gasteiger partial charge in [0.2, 0.25) is 0 Å². The average Bonchev–Trinajstić information content (AvgIpc) is 3.05. The van der Waals surface area contributed by atoms with E-state index in [0.717, 1.165) is 5.56 Å². The van der Waals surface area contributed by atoms with Crippen LogP contribution in [0, 0.1) is 0 Å². The molecule has 1 heterocycles. The lowest BCUT2D eigenvalue weighted by molar-refractivity contribution is -0.143. The van der Waals surface area contributed by atoms with Crippen LogP contribution in [0.4, 0.5) is 4.79 Å². The van der Waals surface area contributed by atoms with Crippen LogP contribution in [0.1, 0.15) is 11.1 Å². The number of alkyl carbamates (subject to hydrolysis) is 1. The lowest BCUT2D eigenvalue weighted by Crippen LogP contribution is -2.43. The minimum absolute atomic E-state index is 0.0844. The van der Waals surface area contributed by atoms with Crippen molar-refractivity contribution in [2.75, 3.05) is 7.11 Å². The van der Waals surface area contributed by atoms with Crippen molar-refractivity contribution in [1.29, 1.82) is 0 Å². The van der Waals surface area contributed by atoms with Gasteiger partial charge in [0.05, 0.1) is 12.6 Å². The fourth-order valence-corrected chi connectivity index (χ4v) is 2.60. The second kappa shape index (κ2) is 8.22. The highest BCUT2D eigenvalue weighted by Gasteiger charge is 2.23. The van der Waals surface area contributed by atoms with Crippen molar-refractivity contribution in [3.05, 3.63) is 70.2 Å². The molecule has 1 unspecified atom stereocenters. The van der Waals surface area contributed by atoms with E-state index in [0.29, 0.717) is 16.7 Å². The maximum atomic E-state index is 12.0. The van der Waals surface area contributed by atoms with Crippen molar-refractivity contribution in [3.63, 3.8) is 0 Å². The first kappa shape index (κ1) is 18.2. The number of hydrogen-bond acceptors (Lipinski definition) is 6. The number of H-pyrrole nitrogens is 1. The molecular weight excluding hydrogens is 352 g/mol. The maximum absolute atomic E-state index is 12.0. The van der Waals surface area contributed by atoms with Gasteiger partial charge in [-0.1, -0.05) is 36.4 Å². The predicted octanol–water partition coefficient (Wildman–Crippen LogP) is 2.13. The summed E-state index contributed by atoms with van der Waals surface area (Å²) >= 11 is 0. The molecule has 8 heteroatoms. The molecule has 0 aliphatic carbocycles. The molecule has 27 heavy (non-hydrogen) atoms. The van der Waals surface area contributed by atoms with Crippen LogP contribution in [0.2, 0.25) is 0 Å². The van der Waals surface area contributed by atoms with Gasteiger partial charge < -0.3 is 19.2 Å². The summed E-state index contributed by atoms with van der Waals surface area (Å²) in [5.74, 6) is -1.17. The number of oxazole rings is 1. The van der Waals surface area contributed by atoms with E-state index in [1.54, 1.807) is 18.2 Å². The molecule has 1 aromatic heterocycles. The summed E-state index contributed by atoms with van der Waals surface area (Å²) in [6.07, 6.45) is -0.582. The quantitative estimate of drug-likeness (QED) is 0.643. The Morgan fingerprint density at radius 3 is 2.67 bits per heavy atom. The van der Waals surface area contributed by atoms with E-state index >= 15 is 0 Å². The highest BCUT2D eigenvalue weighted by molar-refractivity contribution is 5.82. The molecule has 3 rings (SSSR count). The molecule has 0 aliphatic rings. The summed E-state index contributed by atoms with van der Waals surface area (Å²) in [6.45, 7) is 0.0844. The molecular formula is C19H18N2O6. The summed E-state index contributed by atoms with van der Waals surface area (Å²) < 4.78 is 14.9. The molecule has 140 valence electrons. The van der Waals surface area contributed by atoms with Gasteiger partial charge in [0.15, 0.2) is 5.58 Å². The van der Waals surface area contributed by atoms with Gasteiger partial charge in [0.25, 0.3) is 0 Å². The Morgan fingerprint density at radius 2 is 1.93 bits per heavy atom. The minimum atomic E-state index is -0.943. The molecule has 0 spiro atoms. The Balaban J connectivity index is 1.66. The van der Waals surface area contributed by atoms with Crippen LogP contribution >= 0.6 is 0 Å². The number of benzene rings is 2.